The van der Waals surface area contributed by atoms with Crippen molar-refractivity contribution in [3.63, 3.8) is 0 Å². The molecule has 1 N–H and O–H groups in total. The first-order valence-electron chi connectivity index (χ1n) is 6.85. The van der Waals surface area contributed by atoms with E-state index in [4.69, 9.17) is 0 Å². The molecule has 0 spiro atoms. The second-order valence-electron chi connectivity index (χ2n) is 6.26. The highest BCUT2D eigenvalue weighted by molar-refractivity contribution is 5.47. The molecule has 1 aromatic rings. The van der Waals surface area contributed by atoms with Crippen LogP contribution in [0.1, 0.15) is 45.7 Å². The van der Waals surface area contributed by atoms with Crippen LogP contribution in [0.5, 0.6) is 0 Å². The smallest absolute Gasteiger partial charge is 0.0363 e. The molecule has 2 heteroatoms. The molecule has 1 rings (SSSR count). The number of nitrogens with zero attached hydrogens (tertiary/aromatic N) is 1. The van der Waals surface area contributed by atoms with Crippen LogP contribution in [0.2, 0.25) is 0 Å². The van der Waals surface area contributed by atoms with Gasteiger partial charge in [-0.25, -0.2) is 0 Å². The molecule has 0 heterocycles. The van der Waals surface area contributed by atoms with E-state index in [-0.39, 0.29) is 0 Å². The van der Waals surface area contributed by atoms with Crippen molar-refractivity contribution in [3.05, 3.63) is 29.8 Å². The van der Waals surface area contributed by atoms with E-state index in [0.29, 0.717) is 11.5 Å². The molecule has 2 nitrogen and oxygen atoms in total. The van der Waals surface area contributed by atoms with Crippen LogP contribution < -0.4 is 10.2 Å². The lowest BCUT2D eigenvalue weighted by atomic mass is 9.96. The summed E-state index contributed by atoms with van der Waals surface area (Å²) in [6, 6.07) is 9.38. The van der Waals surface area contributed by atoms with Crippen LogP contribution in [0.15, 0.2) is 24.3 Å². The van der Waals surface area contributed by atoms with Crippen LogP contribution in [0.4, 0.5) is 5.69 Å². The van der Waals surface area contributed by atoms with Crippen molar-refractivity contribution < 1.29 is 0 Å². The van der Waals surface area contributed by atoms with Crippen molar-refractivity contribution in [1.82, 2.24) is 5.32 Å². The monoisotopic (exact) mass is 248 g/mol. The van der Waals surface area contributed by atoms with Gasteiger partial charge in [-0.1, -0.05) is 39.8 Å². The van der Waals surface area contributed by atoms with Crippen molar-refractivity contribution in [2.45, 2.75) is 40.2 Å². The Morgan fingerprint density at radius 3 is 2.11 bits per heavy atom. The summed E-state index contributed by atoms with van der Waals surface area (Å²) in [5.74, 6) is 0. The number of hydrogen-bond donors (Lipinski definition) is 1. The van der Waals surface area contributed by atoms with Gasteiger partial charge in [0.15, 0.2) is 0 Å². The first kappa shape index (κ1) is 15.0. The Morgan fingerprint density at radius 1 is 1.17 bits per heavy atom. The normalized spacial score (nSPS) is 13.4. The molecule has 0 amide bonds. The largest absolute Gasteiger partial charge is 0.374 e. The Morgan fingerprint density at radius 2 is 1.72 bits per heavy atom. The molecule has 1 atom stereocenters. The zero-order valence-corrected chi connectivity index (χ0v) is 12.7. The lowest BCUT2D eigenvalue weighted by molar-refractivity contribution is 0.419. The summed E-state index contributed by atoms with van der Waals surface area (Å²) < 4.78 is 0. The highest BCUT2D eigenvalue weighted by Crippen LogP contribution is 2.23. The van der Waals surface area contributed by atoms with Gasteiger partial charge in [0.2, 0.25) is 0 Å². The molecule has 0 aliphatic heterocycles. The van der Waals surface area contributed by atoms with Gasteiger partial charge < -0.3 is 10.2 Å². The van der Waals surface area contributed by atoms with E-state index in [2.05, 4.69) is 69.2 Å². The van der Waals surface area contributed by atoms with E-state index in [1.54, 1.807) is 0 Å². The minimum atomic E-state index is 0.324. The quantitative estimate of drug-likeness (QED) is 0.851. The second kappa shape index (κ2) is 6.24. The van der Waals surface area contributed by atoms with E-state index in [0.717, 1.165) is 13.0 Å². The molecule has 0 radical (unpaired) electrons. The van der Waals surface area contributed by atoms with Crippen molar-refractivity contribution >= 4 is 5.69 Å². The fourth-order valence-electron chi connectivity index (χ4n) is 2.37. The van der Waals surface area contributed by atoms with Gasteiger partial charge >= 0.3 is 0 Å². The van der Waals surface area contributed by atoms with E-state index < -0.39 is 0 Å². The van der Waals surface area contributed by atoms with Crippen molar-refractivity contribution in [3.8, 4) is 0 Å². The summed E-state index contributed by atoms with van der Waals surface area (Å²) in [6.45, 7) is 10.1. The molecular weight excluding hydrogens is 220 g/mol. The summed E-state index contributed by atoms with van der Waals surface area (Å²) in [7, 11) is 4.18. The third kappa shape index (κ3) is 4.34. The maximum Gasteiger partial charge on any atom is 0.0363 e. The van der Waals surface area contributed by atoms with Crippen LogP contribution in [-0.4, -0.2) is 20.6 Å². The van der Waals surface area contributed by atoms with Crippen molar-refractivity contribution in [1.29, 1.82) is 0 Å². The number of nitrogens with one attached hydrogen (secondary N) is 1. The van der Waals surface area contributed by atoms with Gasteiger partial charge in [-0.05, 0) is 36.6 Å². The first-order chi connectivity index (χ1) is 8.37. The lowest BCUT2D eigenvalue weighted by Gasteiger charge is -2.28. The number of hydrogen-bond acceptors (Lipinski definition) is 2. The summed E-state index contributed by atoms with van der Waals surface area (Å²) in [5.41, 5.74) is 2.98. The first-order valence-corrected chi connectivity index (χ1v) is 6.85. The number of anilines is 1. The third-order valence-electron chi connectivity index (χ3n) is 3.20. The Labute approximate surface area is 112 Å². The summed E-state index contributed by atoms with van der Waals surface area (Å²) >= 11 is 0. The minimum absolute atomic E-state index is 0.324. The van der Waals surface area contributed by atoms with E-state index in [1.165, 1.54) is 11.3 Å². The zero-order valence-electron chi connectivity index (χ0n) is 12.7. The fraction of sp³-hybridized carbons (Fsp3) is 0.625. The Balaban J connectivity index is 2.76. The molecule has 0 bridgehead atoms. The molecule has 1 aromatic carbocycles. The SMILES string of the molecule is CCC(NC)c1ccc(N(C)CC(C)(C)C)cc1. The minimum Gasteiger partial charge on any atom is -0.374 e. The second-order valence-corrected chi connectivity index (χ2v) is 6.26. The van der Waals surface area contributed by atoms with Gasteiger partial charge in [-0.2, -0.15) is 0 Å². The maximum absolute atomic E-state index is 3.34. The molecule has 0 saturated carbocycles. The average Bonchev–Trinajstić information content (AvgIpc) is 2.29. The lowest BCUT2D eigenvalue weighted by Crippen LogP contribution is -2.29. The molecule has 0 saturated heterocycles. The third-order valence-corrected chi connectivity index (χ3v) is 3.20. The predicted octanol–water partition coefficient (Wildman–Crippen LogP) is 3.84. The standard InChI is InChI=1S/C16H28N2/c1-7-15(17-5)13-8-10-14(11-9-13)18(6)12-16(2,3)4/h8-11,15,17H,7,12H2,1-6H3. The Hall–Kier alpha value is -1.02. The van der Waals surface area contributed by atoms with E-state index >= 15 is 0 Å². The number of rotatable bonds is 5. The molecule has 0 fully saturated rings. The molecule has 0 aromatic heterocycles. The highest BCUT2D eigenvalue weighted by atomic mass is 15.1. The highest BCUT2D eigenvalue weighted by Gasteiger charge is 2.14. The Kier molecular flexibility index (Phi) is 5.21. The van der Waals surface area contributed by atoms with Gasteiger partial charge in [-0.15, -0.1) is 0 Å². The predicted molar refractivity (Wildman–Crippen MR) is 81.3 cm³/mol. The topological polar surface area (TPSA) is 15.3 Å². The van der Waals surface area contributed by atoms with Crippen LogP contribution in [0, 0.1) is 5.41 Å². The molecular formula is C16H28N2. The summed E-state index contributed by atoms with van der Waals surface area (Å²) in [4.78, 5) is 2.32. The van der Waals surface area contributed by atoms with E-state index in [9.17, 15) is 0 Å². The van der Waals surface area contributed by atoms with Crippen molar-refractivity contribution in [2.24, 2.45) is 5.41 Å². The van der Waals surface area contributed by atoms with Crippen LogP contribution in [0.25, 0.3) is 0 Å². The van der Waals surface area contributed by atoms with Gasteiger partial charge in [0.05, 0.1) is 0 Å². The molecule has 102 valence electrons. The van der Waals surface area contributed by atoms with Crippen LogP contribution in [-0.2, 0) is 0 Å². The van der Waals surface area contributed by atoms with Gasteiger partial charge in [0, 0.05) is 25.3 Å². The number of benzene rings is 1. The zero-order chi connectivity index (χ0) is 13.8. The molecule has 0 aliphatic rings. The summed E-state index contributed by atoms with van der Waals surface area (Å²) in [5, 5.41) is 3.34. The summed E-state index contributed by atoms with van der Waals surface area (Å²) in [6.07, 6.45) is 1.12. The van der Waals surface area contributed by atoms with Gasteiger partial charge in [-0.3, -0.25) is 0 Å². The average molecular weight is 248 g/mol. The molecule has 0 aliphatic carbocycles. The fourth-order valence-corrected chi connectivity index (χ4v) is 2.37. The van der Waals surface area contributed by atoms with Gasteiger partial charge in [0.1, 0.15) is 0 Å². The maximum atomic E-state index is 3.34. The Bertz CT molecular complexity index is 344. The molecule has 1 unspecified atom stereocenters. The van der Waals surface area contributed by atoms with Gasteiger partial charge in [0.25, 0.3) is 0 Å². The van der Waals surface area contributed by atoms with E-state index in [1.807, 2.05) is 7.05 Å². The van der Waals surface area contributed by atoms with Crippen molar-refractivity contribution in [2.75, 3.05) is 25.5 Å². The molecule has 18 heavy (non-hydrogen) atoms. The van der Waals surface area contributed by atoms with Crippen LogP contribution in [0.3, 0.4) is 0 Å². The van der Waals surface area contributed by atoms with Crippen LogP contribution >= 0.6 is 0 Å².